The second kappa shape index (κ2) is 10.5. The largest absolute Gasteiger partial charge is 0.483 e. The Morgan fingerprint density at radius 1 is 1.23 bits per heavy atom. The Morgan fingerprint density at radius 3 is 2.53 bits per heavy atom. The highest BCUT2D eigenvalue weighted by atomic mass is 16.5. The van der Waals surface area contributed by atoms with Gasteiger partial charge in [0, 0.05) is 25.5 Å². The number of hydrogen-bond acceptors (Lipinski definition) is 7. The molecule has 162 valence electrons. The summed E-state index contributed by atoms with van der Waals surface area (Å²) in [5.74, 6) is -0.964. The summed E-state index contributed by atoms with van der Waals surface area (Å²) in [4.78, 5) is 51.1. The Morgan fingerprint density at radius 2 is 1.90 bits per heavy atom. The third kappa shape index (κ3) is 5.03. The molecule has 1 aliphatic carbocycles. The molecule has 1 amide bonds. The van der Waals surface area contributed by atoms with Gasteiger partial charge >= 0.3 is 11.9 Å². The van der Waals surface area contributed by atoms with E-state index in [1.807, 2.05) is 13.0 Å². The van der Waals surface area contributed by atoms with Gasteiger partial charge in [0.05, 0.1) is 30.8 Å². The van der Waals surface area contributed by atoms with Crippen LogP contribution < -0.4 is 0 Å². The van der Waals surface area contributed by atoms with Crippen molar-refractivity contribution in [2.24, 2.45) is 23.7 Å². The summed E-state index contributed by atoms with van der Waals surface area (Å²) in [7, 11) is 1.28. The number of fused-ring (bicyclic) bond motifs is 1. The smallest absolute Gasteiger partial charge is 0.339 e. The second-order valence-corrected chi connectivity index (χ2v) is 7.12. The number of likely N-dealkylation sites (tertiary alicyclic amines) is 1. The van der Waals surface area contributed by atoms with Crippen molar-refractivity contribution in [2.45, 2.75) is 13.8 Å². The molecule has 1 aromatic rings. The minimum atomic E-state index is -0.536. The van der Waals surface area contributed by atoms with E-state index in [1.165, 1.54) is 25.6 Å². The van der Waals surface area contributed by atoms with Gasteiger partial charge in [-0.1, -0.05) is 19.1 Å². The lowest BCUT2D eigenvalue weighted by Crippen LogP contribution is -2.37. The van der Waals surface area contributed by atoms with Crippen LogP contribution in [-0.4, -0.2) is 66.1 Å². The van der Waals surface area contributed by atoms with Crippen LogP contribution in [0.25, 0.3) is 0 Å². The number of amides is 1. The van der Waals surface area contributed by atoms with Gasteiger partial charge in [-0.15, -0.1) is 0 Å². The third-order valence-corrected chi connectivity index (χ3v) is 5.35. The molecule has 1 fully saturated rings. The lowest BCUT2D eigenvalue weighted by atomic mass is 9.72. The first kappa shape index (κ1) is 23.1. The van der Waals surface area contributed by atoms with Gasteiger partial charge in [-0.3, -0.25) is 19.4 Å². The molecule has 2 heterocycles. The fraction of sp³-hybridized carbons (Fsp3) is 0.476. The maximum Gasteiger partial charge on any atom is 0.339 e. The molecule has 1 aliphatic heterocycles. The number of nitrogens with zero attached hydrogens (tertiary/aromatic N) is 2. The van der Waals surface area contributed by atoms with Crippen LogP contribution in [-0.2, 0) is 19.1 Å². The number of carboxylic acid groups (broad SMARTS) is 1. The lowest BCUT2D eigenvalue weighted by molar-refractivity contribution is -0.152. The number of pyridine rings is 1. The molecule has 9 nitrogen and oxygen atoms in total. The number of rotatable bonds is 4. The molecule has 9 heteroatoms. The normalized spacial score (nSPS) is 24.2. The molecule has 1 saturated heterocycles. The van der Waals surface area contributed by atoms with Crippen LogP contribution in [0, 0.1) is 23.7 Å². The maximum absolute atomic E-state index is 12.9. The second-order valence-electron chi connectivity index (χ2n) is 7.12. The molecule has 0 aromatic carbocycles. The first-order chi connectivity index (χ1) is 14.4. The van der Waals surface area contributed by atoms with Crippen molar-refractivity contribution >= 4 is 24.3 Å². The standard InChI is InChI=1S/C20H24N2O5.CH2O2/c1-4-27-20(25)17-12(2)5-6-13-10-22(11-16(13)17)18(23)14-7-15(9-21-8-14)19(24)26-3;2-1-3/h5-9,12-13,16-17H,4,10-11H2,1-3H3;1H,(H,2,3)/t12-,13-,16-,17-;/m0./s1. The average Bonchev–Trinajstić information content (AvgIpc) is 3.17. The van der Waals surface area contributed by atoms with E-state index in [9.17, 15) is 14.4 Å². The van der Waals surface area contributed by atoms with Gasteiger partial charge in [0.2, 0.25) is 0 Å². The van der Waals surface area contributed by atoms with E-state index >= 15 is 0 Å². The molecule has 0 radical (unpaired) electrons. The van der Waals surface area contributed by atoms with Gasteiger partial charge in [0.25, 0.3) is 12.4 Å². The maximum atomic E-state index is 12.9. The molecule has 0 saturated carbocycles. The molecule has 30 heavy (non-hydrogen) atoms. The fourth-order valence-electron chi connectivity index (χ4n) is 4.03. The van der Waals surface area contributed by atoms with Crippen LogP contribution in [0.4, 0.5) is 0 Å². The van der Waals surface area contributed by atoms with Crippen LogP contribution in [0.5, 0.6) is 0 Å². The number of aromatic nitrogens is 1. The number of ether oxygens (including phenoxy) is 2. The number of methoxy groups -OCH3 is 1. The van der Waals surface area contributed by atoms with E-state index in [-0.39, 0.29) is 47.6 Å². The molecule has 1 aromatic heterocycles. The number of allylic oxidation sites excluding steroid dienone is 1. The van der Waals surface area contributed by atoms with Crippen LogP contribution >= 0.6 is 0 Å². The zero-order valence-electron chi connectivity index (χ0n) is 17.2. The van der Waals surface area contributed by atoms with Gasteiger partial charge in [-0.05, 0) is 30.7 Å². The van der Waals surface area contributed by atoms with Crippen molar-refractivity contribution in [3.05, 3.63) is 41.7 Å². The minimum absolute atomic E-state index is 0.0322. The van der Waals surface area contributed by atoms with Crippen LogP contribution in [0.15, 0.2) is 30.6 Å². The van der Waals surface area contributed by atoms with Crippen LogP contribution in [0.3, 0.4) is 0 Å². The van der Waals surface area contributed by atoms with E-state index in [0.717, 1.165) is 0 Å². The van der Waals surface area contributed by atoms with E-state index in [2.05, 4.69) is 15.8 Å². The van der Waals surface area contributed by atoms with Crippen molar-refractivity contribution in [1.82, 2.24) is 9.88 Å². The van der Waals surface area contributed by atoms with Crippen molar-refractivity contribution in [3.63, 3.8) is 0 Å². The SMILES string of the molecule is CCOC(=O)[C@@H]1[C@H]2CN(C(=O)c3cncc(C(=O)OC)c3)C[C@@H]2C=C[C@@H]1C.O=CO. The Bertz CT molecular complexity index is 823. The Balaban J connectivity index is 0.00000101. The Hall–Kier alpha value is -3.23. The Labute approximate surface area is 174 Å². The van der Waals surface area contributed by atoms with Crippen LogP contribution in [0.2, 0.25) is 0 Å². The van der Waals surface area contributed by atoms with Crippen LogP contribution in [0.1, 0.15) is 34.6 Å². The number of hydrogen-bond donors (Lipinski definition) is 1. The highest BCUT2D eigenvalue weighted by Gasteiger charge is 2.46. The predicted molar refractivity (Wildman–Crippen MR) is 106 cm³/mol. The van der Waals surface area contributed by atoms with E-state index in [0.29, 0.717) is 25.3 Å². The zero-order chi connectivity index (χ0) is 22.3. The summed E-state index contributed by atoms with van der Waals surface area (Å²) in [6.07, 6.45) is 6.95. The molecule has 0 unspecified atom stereocenters. The summed E-state index contributed by atoms with van der Waals surface area (Å²) in [5, 5.41) is 6.89. The monoisotopic (exact) mass is 418 g/mol. The van der Waals surface area contributed by atoms with Gasteiger partial charge in [0.15, 0.2) is 0 Å². The topological polar surface area (TPSA) is 123 Å². The lowest BCUT2D eigenvalue weighted by Gasteiger charge is -2.31. The van der Waals surface area contributed by atoms with E-state index < -0.39 is 5.97 Å². The first-order valence-corrected chi connectivity index (χ1v) is 9.63. The quantitative estimate of drug-likeness (QED) is 0.445. The van der Waals surface area contributed by atoms with E-state index in [4.69, 9.17) is 14.6 Å². The molecule has 0 bridgehead atoms. The molecule has 4 atom stereocenters. The summed E-state index contributed by atoms with van der Waals surface area (Å²) >= 11 is 0. The number of carbonyl (C=O) groups excluding carboxylic acids is 3. The predicted octanol–water partition coefficient (Wildman–Crippen LogP) is 1.64. The van der Waals surface area contributed by atoms with Gasteiger partial charge in [-0.25, -0.2) is 4.79 Å². The number of esters is 2. The average molecular weight is 418 g/mol. The van der Waals surface area contributed by atoms with Gasteiger partial charge < -0.3 is 19.5 Å². The van der Waals surface area contributed by atoms with Gasteiger partial charge in [0.1, 0.15) is 0 Å². The molecular formula is C21H26N2O7. The van der Waals surface area contributed by atoms with E-state index in [1.54, 1.807) is 11.8 Å². The zero-order valence-corrected chi connectivity index (χ0v) is 17.2. The molecule has 3 rings (SSSR count). The van der Waals surface area contributed by atoms with Crippen molar-refractivity contribution in [1.29, 1.82) is 0 Å². The summed E-state index contributed by atoms with van der Waals surface area (Å²) in [5.41, 5.74) is 0.569. The highest BCUT2D eigenvalue weighted by Crippen LogP contribution is 2.40. The summed E-state index contributed by atoms with van der Waals surface area (Å²) < 4.78 is 9.94. The van der Waals surface area contributed by atoms with Crippen molar-refractivity contribution < 1.29 is 33.8 Å². The third-order valence-electron chi connectivity index (χ3n) is 5.35. The molecular weight excluding hydrogens is 392 g/mol. The summed E-state index contributed by atoms with van der Waals surface area (Å²) in [6, 6.07) is 1.49. The Kier molecular flexibility index (Phi) is 8.08. The fourth-order valence-corrected chi connectivity index (χ4v) is 4.03. The number of carbonyl (C=O) groups is 4. The highest BCUT2D eigenvalue weighted by molar-refractivity contribution is 5.97. The van der Waals surface area contributed by atoms with Gasteiger partial charge in [-0.2, -0.15) is 0 Å². The van der Waals surface area contributed by atoms with Crippen molar-refractivity contribution in [3.8, 4) is 0 Å². The molecule has 0 spiro atoms. The molecule has 2 aliphatic rings. The van der Waals surface area contributed by atoms with Crippen molar-refractivity contribution in [2.75, 3.05) is 26.8 Å². The molecule has 1 N–H and O–H groups in total. The summed E-state index contributed by atoms with van der Waals surface area (Å²) in [6.45, 7) is 4.90. The first-order valence-electron chi connectivity index (χ1n) is 9.63. The minimum Gasteiger partial charge on any atom is -0.483 e.